The maximum Gasteiger partial charge on any atom is 0.601 e. The van der Waals surface area contributed by atoms with Crippen molar-refractivity contribution < 1.29 is 13.4 Å². The molecule has 2 rings (SSSR count). The summed E-state index contributed by atoms with van der Waals surface area (Å²) in [6.07, 6.45) is 0. The molecular weight excluding hydrogens is 302 g/mol. The molecule has 0 aliphatic carbocycles. The zero-order valence-corrected chi connectivity index (χ0v) is 14.4. The molecule has 0 saturated carbocycles. The van der Waals surface area contributed by atoms with Crippen LogP contribution in [0.25, 0.3) is 0 Å². The van der Waals surface area contributed by atoms with Crippen LogP contribution >= 0.6 is 16.1 Å². The van der Waals surface area contributed by atoms with E-state index in [2.05, 4.69) is 0 Å². The molecule has 2 aromatic rings. The highest BCUT2D eigenvalue weighted by Gasteiger charge is 2.41. The minimum absolute atomic E-state index is 0.610. The normalized spacial score (nSPS) is 12.2. The molecule has 3 nitrogen and oxygen atoms in total. The van der Waals surface area contributed by atoms with Gasteiger partial charge in [0.25, 0.3) is 0 Å². The van der Waals surface area contributed by atoms with Crippen LogP contribution in [0, 0.1) is 27.7 Å². The highest BCUT2D eigenvalue weighted by atomic mass is 31.2. The molecule has 0 radical (unpaired) electrons. The topological polar surface area (TPSA) is 43.4 Å². The summed E-state index contributed by atoms with van der Waals surface area (Å²) in [6, 6.07) is 11.1. The molecule has 21 heavy (non-hydrogen) atoms. The molecule has 0 spiro atoms. The van der Waals surface area contributed by atoms with E-state index < -0.39 is 16.1 Å². The lowest BCUT2D eigenvalue weighted by molar-refractivity contribution is 0.501. The zero-order valence-electron chi connectivity index (χ0n) is 12.6. The Morgan fingerprint density at radius 2 is 1.10 bits per heavy atom. The Kier molecular flexibility index (Phi) is 5.00. The van der Waals surface area contributed by atoms with Crippen LogP contribution in [0.2, 0.25) is 0 Å². The van der Waals surface area contributed by atoms with E-state index in [-0.39, 0.29) is 0 Å². The molecule has 0 saturated heterocycles. The van der Waals surface area contributed by atoms with Crippen molar-refractivity contribution in [3.63, 3.8) is 0 Å². The third-order valence-corrected chi connectivity index (χ3v) is 6.64. The van der Waals surface area contributed by atoms with Crippen molar-refractivity contribution in [3.05, 3.63) is 58.7 Å². The average Bonchev–Trinajstić information content (AvgIpc) is 2.44. The quantitative estimate of drug-likeness (QED) is 0.786. The van der Waals surface area contributed by atoms with Crippen LogP contribution in [0.4, 0.5) is 0 Å². The van der Waals surface area contributed by atoms with Crippen LogP contribution in [0.3, 0.4) is 0 Å². The Morgan fingerprint density at radius 1 is 0.714 bits per heavy atom. The molecule has 0 aliphatic rings. The van der Waals surface area contributed by atoms with Crippen molar-refractivity contribution >= 4 is 26.7 Å². The van der Waals surface area contributed by atoms with Crippen LogP contribution in [0.1, 0.15) is 22.3 Å². The summed E-state index contributed by atoms with van der Waals surface area (Å²) in [5.41, 5.74) is 3.92. The third-order valence-electron chi connectivity index (χ3n) is 3.69. The number of hydrogen-bond donors (Lipinski definition) is 0. The van der Waals surface area contributed by atoms with Crippen LogP contribution in [0.5, 0.6) is 0 Å². The zero-order chi connectivity index (χ0) is 15.6. The first kappa shape index (κ1) is 16.0. The molecule has 2 unspecified atom stereocenters. The monoisotopic (exact) mass is 320 g/mol. The van der Waals surface area contributed by atoms with E-state index in [0.717, 1.165) is 22.3 Å². The summed E-state index contributed by atoms with van der Waals surface area (Å²) in [5.74, 6) is 0. The molecule has 0 heterocycles. The predicted molar refractivity (Wildman–Crippen MR) is 87.4 cm³/mol. The molecule has 0 N–H and O–H groups in total. The second-order valence-corrected chi connectivity index (χ2v) is 7.68. The van der Waals surface area contributed by atoms with Gasteiger partial charge in [0.05, 0.1) is 0 Å². The smallest absolute Gasteiger partial charge is 0.0587 e. The highest BCUT2D eigenvalue weighted by Crippen LogP contribution is 2.38. The first-order valence-corrected chi connectivity index (χ1v) is 9.02. The molecule has 0 aliphatic heterocycles. The summed E-state index contributed by atoms with van der Waals surface area (Å²) in [4.78, 5) is 0. The fourth-order valence-electron chi connectivity index (χ4n) is 2.02. The van der Waals surface area contributed by atoms with Gasteiger partial charge in [0.2, 0.25) is 10.6 Å². The lowest BCUT2D eigenvalue weighted by Crippen LogP contribution is -2.07. The highest BCUT2D eigenvalue weighted by molar-refractivity contribution is 7.61. The Hall–Kier alpha value is -1.40. The van der Waals surface area contributed by atoms with Crippen molar-refractivity contribution in [2.24, 2.45) is 0 Å². The van der Waals surface area contributed by atoms with Crippen molar-refractivity contribution in [1.82, 2.24) is 0 Å². The first-order chi connectivity index (χ1) is 9.91. The molecular formula is C16H18O3P2+2. The van der Waals surface area contributed by atoms with Gasteiger partial charge in [-0.3, -0.25) is 0 Å². The van der Waals surface area contributed by atoms with Crippen LogP contribution in [-0.2, 0) is 13.4 Å². The van der Waals surface area contributed by atoms with Gasteiger partial charge in [-0.25, -0.2) is 0 Å². The predicted octanol–water partition coefficient (Wildman–Crippen LogP) is 4.37. The van der Waals surface area contributed by atoms with E-state index in [1.165, 1.54) is 0 Å². The van der Waals surface area contributed by atoms with Crippen LogP contribution < -0.4 is 10.6 Å². The third kappa shape index (κ3) is 3.44. The van der Waals surface area contributed by atoms with Crippen molar-refractivity contribution in [2.45, 2.75) is 27.7 Å². The maximum atomic E-state index is 12.3. The second kappa shape index (κ2) is 6.58. The van der Waals surface area contributed by atoms with Crippen molar-refractivity contribution in [2.75, 3.05) is 0 Å². The van der Waals surface area contributed by atoms with E-state index in [9.17, 15) is 9.13 Å². The second-order valence-electron chi connectivity index (χ2n) is 5.03. The average molecular weight is 320 g/mol. The van der Waals surface area contributed by atoms with Gasteiger partial charge >= 0.3 is 16.1 Å². The Labute approximate surface area is 127 Å². The lowest BCUT2D eigenvalue weighted by Gasteiger charge is -1.97. The molecule has 0 amide bonds. The number of benzene rings is 2. The summed E-state index contributed by atoms with van der Waals surface area (Å²) in [7, 11) is -4.26. The van der Waals surface area contributed by atoms with E-state index in [1.807, 2.05) is 52.0 Å². The van der Waals surface area contributed by atoms with Crippen molar-refractivity contribution in [1.29, 1.82) is 0 Å². The molecule has 0 bridgehead atoms. The molecule has 2 atom stereocenters. The number of rotatable bonds is 4. The van der Waals surface area contributed by atoms with E-state index >= 15 is 0 Å². The first-order valence-electron chi connectivity index (χ1n) is 6.67. The fourth-order valence-corrected chi connectivity index (χ4v) is 4.58. The van der Waals surface area contributed by atoms with E-state index in [0.29, 0.717) is 10.6 Å². The van der Waals surface area contributed by atoms with Gasteiger partial charge < -0.3 is 0 Å². The van der Waals surface area contributed by atoms with Crippen LogP contribution in [0.15, 0.2) is 36.4 Å². The minimum Gasteiger partial charge on any atom is -0.0587 e. The van der Waals surface area contributed by atoms with Gasteiger partial charge in [0.1, 0.15) is 4.31 Å². The van der Waals surface area contributed by atoms with E-state index in [1.54, 1.807) is 12.1 Å². The van der Waals surface area contributed by atoms with E-state index in [4.69, 9.17) is 4.31 Å². The summed E-state index contributed by atoms with van der Waals surface area (Å²) < 4.78 is 30.0. The Balaban J connectivity index is 2.25. The van der Waals surface area contributed by atoms with Gasteiger partial charge in [-0.2, -0.15) is 0 Å². The summed E-state index contributed by atoms with van der Waals surface area (Å²) in [5, 5.41) is 1.22. The fraction of sp³-hybridized carbons (Fsp3) is 0.250. The maximum absolute atomic E-state index is 12.3. The SMILES string of the molecule is Cc1cccc([P+](=O)O[P+](=O)c2cccc(C)c2C)c1C. The van der Waals surface area contributed by atoms with Gasteiger partial charge in [-0.05, 0) is 60.1 Å². The van der Waals surface area contributed by atoms with Crippen molar-refractivity contribution in [3.8, 4) is 0 Å². The molecule has 2 aromatic carbocycles. The number of aryl methyl sites for hydroxylation is 2. The molecule has 0 fully saturated rings. The van der Waals surface area contributed by atoms with Gasteiger partial charge in [-0.15, -0.1) is 0 Å². The Morgan fingerprint density at radius 3 is 1.48 bits per heavy atom. The lowest BCUT2D eigenvalue weighted by atomic mass is 10.1. The van der Waals surface area contributed by atoms with Gasteiger partial charge in [0, 0.05) is 11.1 Å². The molecule has 108 valence electrons. The minimum atomic E-state index is -2.13. The Bertz CT molecular complexity index is 662. The summed E-state index contributed by atoms with van der Waals surface area (Å²) >= 11 is 0. The van der Waals surface area contributed by atoms with Gasteiger partial charge in [-0.1, -0.05) is 24.3 Å². The number of hydrogen-bond acceptors (Lipinski definition) is 3. The molecule has 5 heteroatoms. The summed E-state index contributed by atoms with van der Waals surface area (Å²) in [6.45, 7) is 7.69. The largest absolute Gasteiger partial charge is 0.601 e. The molecule has 0 aromatic heterocycles. The van der Waals surface area contributed by atoms with Crippen LogP contribution in [-0.4, -0.2) is 0 Å². The van der Waals surface area contributed by atoms with Gasteiger partial charge in [0.15, 0.2) is 0 Å². The standard InChI is InChI=1S/C16H18O3P2/c1-11-7-5-9-15(13(11)3)20(17)19-21(18)16-10-6-8-12(2)14(16)4/h5-10H,1-4H3/q+2.